The summed E-state index contributed by atoms with van der Waals surface area (Å²) in [5.41, 5.74) is 0. The lowest BCUT2D eigenvalue weighted by Gasteiger charge is -2.02. The van der Waals surface area contributed by atoms with Gasteiger partial charge in [-0.1, -0.05) is 31.9 Å². The number of halogens is 2. The van der Waals surface area contributed by atoms with E-state index < -0.39 is 0 Å². The summed E-state index contributed by atoms with van der Waals surface area (Å²) < 4.78 is 12.1. The van der Waals surface area contributed by atoms with E-state index in [0.29, 0.717) is 11.6 Å². The summed E-state index contributed by atoms with van der Waals surface area (Å²) in [5.74, 6) is 1.13. The van der Waals surface area contributed by atoms with Gasteiger partial charge in [-0.3, -0.25) is 0 Å². The summed E-state index contributed by atoms with van der Waals surface area (Å²) >= 11 is 6.73. The molecule has 0 aliphatic carbocycles. The first-order chi connectivity index (χ1) is 6.74. The molecule has 5 heteroatoms. The van der Waals surface area contributed by atoms with Crippen LogP contribution in [0, 0.1) is 0 Å². The van der Waals surface area contributed by atoms with Gasteiger partial charge in [0.05, 0.1) is 0 Å². The lowest BCUT2D eigenvalue weighted by Crippen LogP contribution is -1.83. The minimum Gasteiger partial charge on any atom is -0.448 e. The molecule has 0 N–H and O–H groups in total. The molecule has 0 saturated heterocycles. The molecule has 0 unspecified atom stereocenters. The molecule has 3 nitrogen and oxygen atoms in total. The smallest absolute Gasteiger partial charge is 0.258 e. The van der Waals surface area contributed by atoms with Crippen molar-refractivity contribution in [3.8, 4) is 11.6 Å². The molecule has 1 heterocycles. The standard InChI is InChI=1S/C9H5Br2NO2/c10-6-1-7(11)3-8(2-6)14-9-4-13-5-12-9/h1-5H. The minimum atomic E-state index is 0.440. The monoisotopic (exact) mass is 317 g/mol. The van der Waals surface area contributed by atoms with Crippen LogP contribution in [0.15, 0.2) is 44.2 Å². The van der Waals surface area contributed by atoms with Gasteiger partial charge in [0, 0.05) is 8.95 Å². The van der Waals surface area contributed by atoms with Gasteiger partial charge in [0.15, 0.2) is 12.7 Å². The number of aromatic nitrogens is 1. The Bertz CT molecular complexity index is 408. The number of oxazole rings is 1. The quantitative estimate of drug-likeness (QED) is 0.839. The minimum absolute atomic E-state index is 0.440. The molecule has 0 radical (unpaired) electrons. The molecule has 2 aromatic rings. The van der Waals surface area contributed by atoms with E-state index in [1.165, 1.54) is 12.7 Å². The summed E-state index contributed by atoms with van der Waals surface area (Å²) in [6.07, 6.45) is 2.76. The third-order valence-electron chi connectivity index (χ3n) is 1.47. The maximum absolute atomic E-state index is 5.42. The van der Waals surface area contributed by atoms with Crippen molar-refractivity contribution < 1.29 is 9.15 Å². The Labute approximate surface area is 97.4 Å². The van der Waals surface area contributed by atoms with Gasteiger partial charge >= 0.3 is 0 Å². The van der Waals surface area contributed by atoms with Crippen LogP contribution in [0.5, 0.6) is 11.6 Å². The van der Waals surface area contributed by atoms with Crippen molar-refractivity contribution >= 4 is 31.9 Å². The highest BCUT2D eigenvalue weighted by molar-refractivity contribution is 9.11. The number of nitrogens with zero attached hydrogens (tertiary/aromatic N) is 1. The predicted octanol–water partition coefficient (Wildman–Crippen LogP) is 3.99. The highest BCUT2D eigenvalue weighted by atomic mass is 79.9. The first kappa shape index (κ1) is 9.73. The zero-order valence-electron chi connectivity index (χ0n) is 6.91. The molecule has 2 rings (SSSR count). The summed E-state index contributed by atoms with van der Waals surface area (Å²) in [6.45, 7) is 0. The van der Waals surface area contributed by atoms with Gasteiger partial charge in [0.1, 0.15) is 5.75 Å². The van der Waals surface area contributed by atoms with Crippen molar-refractivity contribution in [3.05, 3.63) is 39.8 Å². The predicted molar refractivity (Wildman–Crippen MR) is 58.4 cm³/mol. The summed E-state index contributed by atoms with van der Waals surface area (Å²) in [6, 6.07) is 5.62. The SMILES string of the molecule is Brc1cc(Br)cc(Oc2cocn2)c1. The van der Waals surface area contributed by atoms with E-state index in [2.05, 4.69) is 36.8 Å². The highest BCUT2D eigenvalue weighted by Gasteiger charge is 2.02. The van der Waals surface area contributed by atoms with E-state index in [4.69, 9.17) is 9.15 Å². The van der Waals surface area contributed by atoms with Crippen LogP contribution >= 0.6 is 31.9 Å². The highest BCUT2D eigenvalue weighted by Crippen LogP contribution is 2.27. The molecule has 0 atom stereocenters. The van der Waals surface area contributed by atoms with E-state index in [0.717, 1.165) is 8.95 Å². The van der Waals surface area contributed by atoms with Crippen LogP contribution in [0.4, 0.5) is 0 Å². The van der Waals surface area contributed by atoms with Crippen LogP contribution in [-0.4, -0.2) is 4.98 Å². The molecule has 1 aromatic carbocycles. The van der Waals surface area contributed by atoms with Gasteiger partial charge in [-0.2, -0.15) is 4.98 Å². The van der Waals surface area contributed by atoms with E-state index in [1.807, 2.05) is 18.2 Å². The Morgan fingerprint density at radius 3 is 2.43 bits per heavy atom. The van der Waals surface area contributed by atoms with Crippen molar-refractivity contribution in [2.75, 3.05) is 0 Å². The molecular formula is C9H5Br2NO2. The molecule has 0 aliphatic heterocycles. The van der Waals surface area contributed by atoms with Crippen LogP contribution in [0.25, 0.3) is 0 Å². The molecular weight excluding hydrogens is 314 g/mol. The normalized spacial score (nSPS) is 10.1. The zero-order valence-corrected chi connectivity index (χ0v) is 10.1. The number of rotatable bonds is 2. The Kier molecular flexibility index (Phi) is 2.88. The van der Waals surface area contributed by atoms with Crippen LogP contribution in [0.3, 0.4) is 0 Å². The molecule has 1 aromatic heterocycles. The average Bonchev–Trinajstić information content (AvgIpc) is 2.54. The maximum Gasteiger partial charge on any atom is 0.258 e. The number of ether oxygens (including phenoxy) is 1. The second-order valence-corrected chi connectivity index (χ2v) is 4.37. The van der Waals surface area contributed by atoms with Gasteiger partial charge in [0.2, 0.25) is 0 Å². The number of hydrogen-bond acceptors (Lipinski definition) is 3. The zero-order chi connectivity index (χ0) is 9.97. The molecule has 0 amide bonds. The lowest BCUT2D eigenvalue weighted by molar-refractivity contribution is 0.457. The maximum atomic E-state index is 5.42. The fraction of sp³-hybridized carbons (Fsp3) is 0. The summed E-state index contributed by atoms with van der Waals surface area (Å²) in [7, 11) is 0. The van der Waals surface area contributed by atoms with E-state index in [-0.39, 0.29) is 0 Å². The summed E-state index contributed by atoms with van der Waals surface area (Å²) in [5, 5.41) is 0. The van der Waals surface area contributed by atoms with Crippen LogP contribution in [-0.2, 0) is 0 Å². The van der Waals surface area contributed by atoms with Crippen LogP contribution in [0.2, 0.25) is 0 Å². The van der Waals surface area contributed by atoms with Crippen molar-refractivity contribution in [1.82, 2.24) is 4.98 Å². The van der Waals surface area contributed by atoms with E-state index >= 15 is 0 Å². The largest absolute Gasteiger partial charge is 0.448 e. The molecule has 0 bridgehead atoms. The third-order valence-corrected chi connectivity index (χ3v) is 2.38. The van der Waals surface area contributed by atoms with Crippen molar-refractivity contribution in [1.29, 1.82) is 0 Å². The van der Waals surface area contributed by atoms with Gasteiger partial charge < -0.3 is 9.15 Å². The second-order valence-electron chi connectivity index (χ2n) is 2.53. The van der Waals surface area contributed by atoms with Gasteiger partial charge in [0.25, 0.3) is 5.88 Å². The molecule has 0 aliphatic rings. The van der Waals surface area contributed by atoms with Crippen molar-refractivity contribution in [3.63, 3.8) is 0 Å². The third kappa shape index (κ3) is 2.36. The van der Waals surface area contributed by atoms with Gasteiger partial charge in [-0.25, -0.2) is 0 Å². The van der Waals surface area contributed by atoms with E-state index in [1.54, 1.807) is 0 Å². The molecule has 0 spiro atoms. The average molecular weight is 319 g/mol. The second kappa shape index (κ2) is 4.14. The number of hydrogen-bond donors (Lipinski definition) is 0. The number of benzene rings is 1. The first-order valence-electron chi connectivity index (χ1n) is 3.76. The Morgan fingerprint density at radius 2 is 1.86 bits per heavy atom. The fourth-order valence-corrected chi connectivity index (χ4v) is 2.21. The van der Waals surface area contributed by atoms with Gasteiger partial charge in [-0.05, 0) is 18.2 Å². The molecule has 14 heavy (non-hydrogen) atoms. The Morgan fingerprint density at radius 1 is 1.14 bits per heavy atom. The molecule has 0 saturated carbocycles. The van der Waals surface area contributed by atoms with E-state index in [9.17, 15) is 0 Å². The Hall–Kier alpha value is -0.810. The fourth-order valence-electron chi connectivity index (χ4n) is 0.960. The van der Waals surface area contributed by atoms with Crippen LogP contribution < -0.4 is 4.74 Å². The van der Waals surface area contributed by atoms with Crippen molar-refractivity contribution in [2.24, 2.45) is 0 Å². The Balaban J connectivity index is 2.25. The molecule has 72 valence electrons. The topological polar surface area (TPSA) is 35.3 Å². The molecule has 0 fully saturated rings. The van der Waals surface area contributed by atoms with Gasteiger partial charge in [-0.15, -0.1) is 0 Å². The summed E-state index contributed by atoms with van der Waals surface area (Å²) in [4.78, 5) is 3.85. The van der Waals surface area contributed by atoms with Crippen molar-refractivity contribution in [2.45, 2.75) is 0 Å². The van der Waals surface area contributed by atoms with Crippen LogP contribution in [0.1, 0.15) is 0 Å². The first-order valence-corrected chi connectivity index (χ1v) is 5.35. The lowest BCUT2D eigenvalue weighted by atomic mass is 10.3.